The molecule has 3 heterocycles. The van der Waals surface area contributed by atoms with E-state index in [2.05, 4.69) is 31.0 Å². The van der Waals surface area contributed by atoms with Crippen LogP contribution in [0.25, 0.3) is 17.1 Å². The standard InChI is InChI=1S/C27H26N8O2/c1-17-14-18(2)35(32-17)26-13-12-25(30-31-26)28-20-8-10-21(11-9-20)29-27(36)24-16-23(33-34(24)3)19-6-5-7-22(15-19)37-4/h5-16H,1-4H3,(H,28,30)(H,29,36). The van der Waals surface area contributed by atoms with Gasteiger partial charge in [0.25, 0.3) is 5.91 Å². The number of anilines is 3. The summed E-state index contributed by atoms with van der Waals surface area (Å²) in [6.07, 6.45) is 0. The summed E-state index contributed by atoms with van der Waals surface area (Å²) in [5.74, 6) is 1.73. The van der Waals surface area contributed by atoms with Crippen molar-refractivity contribution in [3.8, 4) is 22.8 Å². The summed E-state index contributed by atoms with van der Waals surface area (Å²) in [4.78, 5) is 12.9. The quantitative estimate of drug-likeness (QED) is 0.338. The van der Waals surface area contributed by atoms with Gasteiger partial charge < -0.3 is 15.4 Å². The number of carbonyl (C=O) groups excluding carboxylic acids is 1. The van der Waals surface area contributed by atoms with Crippen molar-refractivity contribution in [3.05, 3.63) is 89.9 Å². The SMILES string of the molecule is COc1cccc(-c2cc(C(=O)Nc3ccc(Nc4ccc(-n5nc(C)cc5C)nn4)cc3)n(C)n2)c1. The average molecular weight is 495 g/mol. The summed E-state index contributed by atoms with van der Waals surface area (Å²) in [5, 5.41) is 23.6. The summed E-state index contributed by atoms with van der Waals surface area (Å²) in [7, 11) is 3.36. The van der Waals surface area contributed by atoms with Gasteiger partial charge in [-0.25, -0.2) is 4.68 Å². The first kappa shape index (κ1) is 23.7. The van der Waals surface area contributed by atoms with E-state index in [0.717, 1.165) is 28.4 Å². The van der Waals surface area contributed by atoms with Gasteiger partial charge in [0.05, 0.1) is 18.5 Å². The van der Waals surface area contributed by atoms with E-state index in [9.17, 15) is 4.79 Å². The molecule has 0 radical (unpaired) electrons. The first-order chi connectivity index (χ1) is 17.9. The summed E-state index contributed by atoms with van der Waals surface area (Å²) in [5.41, 5.74) is 5.39. The summed E-state index contributed by atoms with van der Waals surface area (Å²) >= 11 is 0. The highest BCUT2D eigenvalue weighted by Gasteiger charge is 2.15. The fourth-order valence-corrected chi connectivity index (χ4v) is 3.95. The molecule has 10 nitrogen and oxygen atoms in total. The Morgan fingerprint density at radius 3 is 2.35 bits per heavy atom. The summed E-state index contributed by atoms with van der Waals surface area (Å²) < 4.78 is 8.61. The Morgan fingerprint density at radius 2 is 1.68 bits per heavy atom. The van der Waals surface area contributed by atoms with E-state index in [-0.39, 0.29) is 5.91 Å². The molecule has 0 bridgehead atoms. The Labute approximate surface area is 213 Å². The van der Waals surface area contributed by atoms with Crippen LogP contribution in [-0.4, -0.2) is 42.8 Å². The number of carbonyl (C=O) groups is 1. The van der Waals surface area contributed by atoms with E-state index >= 15 is 0 Å². The number of nitrogens with one attached hydrogen (secondary N) is 2. The van der Waals surface area contributed by atoms with E-state index in [1.807, 2.05) is 80.6 Å². The van der Waals surface area contributed by atoms with Gasteiger partial charge in [-0.1, -0.05) is 12.1 Å². The Hall–Kier alpha value is -4.99. The second kappa shape index (κ2) is 9.94. The lowest BCUT2D eigenvalue weighted by Crippen LogP contribution is -2.16. The lowest BCUT2D eigenvalue weighted by atomic mass is 10.1. The van der Waals surface area contributed by atoms with Crippen LogP contribution >= 0.6 is 0 Å². The number of hydrogen-bond donors (Lipinski definition) is 2. The zero-order valence-electron chi connectivity index (χ0n) is 20.9. The van der Waals surface area contributed by atoms with Crippen molar-refractivity contribution in [1.82, 2.24) is 29.8 Å². The zero-order valence-corrected chi connectivity index (χ0v) is 20.9. The van der Waals surface area contributed by atoms with Crippen LogP contribution in [0.2, 0.25) is 0 Å². The lowest BCUT2D eigenvalue weighted by Gasteiger charge is -2.09. The first-order valence-corrected chi connectivity index (χ1v) is 11.6. The minimum Gasteiger partial charge on any atom is -0.497 e. The van der Waals surface area contributed by atoms with Gasteiger partial charge in [0.15, 0.2) is 11.6 Å². The Balaban J connectivity index is 1.24. The number of aryl methyl sites for hydroxylation is 3. The van der Waals surface area contributed by atoms with Crippen LogP contribution in [0, 0.1) is 13.8 Å². The van der Waals surface area contributed by atoms with E-state index in [0.29, 0.717) is 28.7 Å². The highest BCUT2D eigenvalue weighted by Crippen LogP contribution is 2.24. The normalized spacial score (nSPS) is 10.8. The molecule has 5 aromatic rings. The second-order valence-corrected chi connectivity index (χ2v) is 8.54. The fourth-order valence-electron chi connectivity index (χ4n) is 3.95. The average Bonchev–Trinajstić information content (AvgIpc) is 3.46. The molecular formula is C27H26N8O2. The molecular weight excluding hydrogens is 468 g/mol. The van der Waals surface area contributed by atoms with Crippen molar-refractivity contribution in [2.45, 2.75) is 13.8 Å². The van der Waals surface area contributed by atoms with Crippen LogP contribution in [0.4, 0.5) is 17.2 Å². The minimum absolute atomic E-state index is 0.254. The largest absolute Gasteiger partial charge is 0.497 e. The summed E-state index contributed by atoms with van der Waals surface area (Å²) in [6.45, 7) is 3.91. The minimum atomic E-state index is -0.254. The summed E-state index contributed by atoms with van der Waals surface area (Å²) in [6, 6.07) is 22.4. The monoisotopic (exact) mass is 494 g/mol. The number of rotatable bonds is 7. The number of ether oxygens (including phenoxy) is 1. The van der Waals surface area contributed by atoms with E-state index in [4.69, 9.17) is 4.74 Å². The van der Waals surface area contributed by atoms with Crippen molar-refractivity contribution >= 4 is 23.1 Å². The molecule has 186 valence electrons. The van der Waals surface area contributed by atoms with Crippen molar-refractivity contribution in [2.75, 3.05) is 17.7 Å². The number of aromatic nitrogens is 6. The van der Waals surface area contributed by atoms with Crippen molar-refractivity contribution in [2.24, 2.45) is 7.05 Å². The van der Waals surface area contributed by atoms with Gasteiger partial charge in [0.2, 0.25) is 0 Å². The van der Waals surface area contributed by atoms with Gasteiger partial charge in [-0.15, -0.1) is 10.2 Å². The topological polar surface area (TPSA) is 112 Å². The molecule has 2 N–H and O–H groups in total. The molecule has 0 spiro atoms. The van der Waals surface area contributed by atoms with Gasteiger partial charge in [-0.2, -0.15) is 10.2 Å². The predicted molar refractivity (Wildman–Crippen MR) is 142 cm³/mol. The first-order valence-electron chi connectivity index (χ1n) is 11.6. The maximum atomic E-state index is 12.9. The maximum Gasteiger partial charge on any atom is 0.273 e. The second-order valence-electron chi connectivity index (χ2n) is 8.54. The molecule has 1 amide bonds. The Bertz CT molecular complexity index is 1550. The van der Waals surface area contributed by atoms with E-state index < -0.39 is 0 Å². The predicted octanol–water partition coefficient (Wildman–Crippen LogP) is 4.68. The van der Waals surface area contributed by atoms with Crippen molar-refractivity contribution < 1.29 is 9.53 Å². The molecule has 0 atom stereocenters. The number of methoxy groups -OCH3 is 1. The highest BCUT2D eigenvalue weighted by atomic mass is 16.5. The number of benzene rings is 2. The van der Waals surface area contributed by atoms with Crippen LogP contribution in [0.1, 0.15) is 21.9 Å². The fraction of sp³-hybridized carbons (Fsp3) is 0.148. The third kappa shape index (κ3) is 5.18. The van der Waals surface area contributed by atoms with Crippen LogP contribution in [0.3, 0.4) is 0 Å². The number of hydrogen-bond acceptors (Lipinski definition) is 7. The molecule has 0 fully saturated rings. The van der Waals surface area contributed by atoms with Crippen molar-refractivity contribution in [1.29, 1.82) is 0 Å². The molecule has 5 rings (SSSR count). The van der Waals surface area contributed by atoms with Gasteiger partial charge in [-0.05, 0) is 74.5 Å². The molecule has 10 heteroatoms. The third-order valence-corrected chi connectivity index (χ3v) is 5.77. The Kier molecular flexibility index (Phi) is 6.38. The highest BCUT2D eigenvalue weighted by molar-refractivity contribution is 6.03. The zero-order chi connectivity index (χ0) is 25.9. The van der Waals surface area contributed by atoms with E-state index in [1.165, 1.54) is 0 Å². The van der Waals surface area contributed by atoms with E-state index in [1.54, 1.807) is 29.6 Å². The van der Waals surface area contributed by atoms with Crippen LogP contribution < -0.4 is 15.4 Å². The van der Waals surface area contributed by atoms with Gasteiger partial charge >= 0.3 is 0 Å². The Morgan fingerprint density at radius 1 is 0.892 bits per heavy atom. The molecule has 0 aliphatic rings. The van der Waals surface area contributed by atoms with Crippen LogP contribution in [-0.2, 0) is 7.05 Å². The number of nitrogens with zero attached hydrogens (tertiary/aromatic N) is 6. The molecule has 0 unspecified atom stereocenters. The third-order valence-electron chi connectivity index (χ3n) is 5.77. The van der Waals surface area contributed by atoms with Gasteiger partial charge in [0, 0.05) is 29.7 Å². The number of amides is 1. The van der Waals surface area contributed by atoms with Crippen molar-refractivity contribution in [3.63, 3.8) is 0 Å². The molecule has 0 saturated carbocycles. The molecule has 3 aromatic heterocycles. The maximum absolute atomic E-state index is 12.9. The van der Waals surface area contributed by atoms with Gasteiger partial charge in [0.1, 0.15) is 11.4 Å². The molecule has 2 aromatic carbocycles. The molecule has 0 aliphatic carbocycles. The molecule has 37 heavy (non-hydrogen) atoms. The molecule has 0 saturated heterocycles. The van der Waals surface area contributed by atoms with Crippen LogP contribution in [0.5, 0.6) is 5.75 Å². The van der Waals surface area contributed by atoms with Gasteiger partial charge in [-0.3, -0.25) is 9.48 Å². The van der Waals surface area contributed by atoms with Crippen LogP contribution in [0.15, 0.2) is 72.8 Å². The molecule has 0 aliphatic heterocycles. The smallest absolute Gasteiger partial charge is 0.273 e. The lowest BCUT2D eigenvalue weighted by molar-refractivity contribution is 0.101.